The summed E-state index contributed by atoms with van der Waals surface area (Å²) in [6.45, 7) is 2.96. The van der Waals surface area contributed by atoms with Crippen LogP contribution in [0.5, 0.6) is 0 Å². The Morgan fingerprint density at radius 3 is 2.86 bits per heavy atom. The molecule has 0 atom stereocenters. The van der Waals surface area contributed by atoms with Gasteiger partial charge in [0, 0.05) is 6.04 Å². The SMILES string of the molecule is Cc1csc2ncnc(NC3CCC(CCCN)CC3)c12. The molecular weight excluding hydrogens is 280 g/mol. The zero-order valence-corrected chi connectivity index (χ0v) is 13.5. The van der Waals surface area contributed by atoms with Gasteiger partial charge in [-0.3, -0.25) is 0 Å². The van der Waals surface area contributed by atoms with Crippen molar-refractivity contribution in [3.8, 4) is 0 Å². The highest BCUT2D eigenvalue weighted by molar-refractivity contribution is 7.17. The Balaban J connectivity index is 1.63. The standard InChI is InChI=1S/C16H24N4S/c1-11-9-21-16-14(11)15(18-10-19-16)20-13-6-4-12(5-7-13)3-2-8-17/h9-10,12-13H,2-8,17H2,1H3,(H,18,19,20). The number of hydrogen-bond acceptors (Lipinski definition) is 5. The maximum atomic E-state index is 5.61. The van der Waals surface area contributed by atoms with Gasteiger partial charge in [0.2, 0.25) is 0 Å². The first-order chi connectivity index (χ1) is 10.3. The molecule has 3 rings (SSSR count). The van der Waals surface area contributed by atoms with Crippen LogP contribution in [0.1, 0.15) is 44.1 Å². The minimum absolute atomic E-state index is 0.552. The van der Waals surface area contributed by atoms with Crippen LogP contribution in [-0.4, -0.2) is 22.6 Å². The number of fused-ring (bicyclic) bond motifs is 1. The van der Waals surface area contributed by atoms with E-state index in [-0.39, 0.29) is 0 Å². The molecule has 0 amide bonds. The fraction of sp³-hybridized carbons (Fsp3) is 0.625. The molecule has 1 aliphatic rings. The molecule has 0 saturated heterocycles. The van der Waals surface area contributed by atoms with Crippen molar-refractivity contribution < 1.29 is 0 Å². The molecule has 114 valence electrons. The Kier molecular flexibility index (Phi) is 4.70. The molecule has 5 heteroatoms. The van der Waals surface area contributed by atoms with Crippen LogP contribution in [0, 0.1) is 12.8 Å². The second kappa shape index (κ2) is 6.71. The number of thiophene rings is 1. The molecule has 0 unspecified atom stereocenters. The predicted molar refractivity (Wildman–Crippen MR) is 89.8 cm³/mol. The van der Waals surface area contributed by atoms with Gasteiger partial charge in [-0.05, 0) is 68.9 Å². The molecule has 0 aromatic carbocycles. The minimum atomic E-state index is 0.552. The van der Waals surface area contributed by atoms with Crippen LogP contribution < -0.4 is 11.1 Å². The Morgan fingerprint density at radius 1 is 1.29 bits per heavy atom. The van der Waals surface area contributed by atoms with Gasteiger partial charge in [0.15, 0.2) is 0 Å². The minimum Gasteiger partial charge on any atom is -0.367 e. The second-order valence-electron chi connectivity index (χ2n) is 6.11. The number of rotatable bonds is 5. The molecule has 2 aromatic rings. The number of nitrogens with zero attached hydrogens (tertiary/aromatic N) is 2. The zero-order chi connectivity index (χ0) is 14.7. The third-order valence-corrected chi connectivity index (χ3v) is 5.56. The first-order valence-electron chi connectivity index (χ1n) is 7.93. The highest BCUT2D eigenvalue weighted by atomic mass is 32.1. The van der Waals surface area contributed by atoms with Crippen LogP contribution in [0.25, 0.3) is 10.2 Å². The summed E-state index contributed by atoms with van der Waals surface area (Å²) in [4.78, 5) is 9.91. The monoisotopic (exact) mass is 304 g/mol. The van der Waals surface area contributed by atoms with Crippen molar-refractivity contribution in [3.63, 3.8) is 0 Å². The van der Waals surface area contributed by atoms with Gasteiger partial charge in [0.1, 0.15) is 17.0 Å². The summed E-state index contributed by atoms with van der Waals surface area (Å²) in [5, 5.41) is 7.02. The van der Waals surface area contributed by atoms with Crippen LogP contribution in [0.15, 0.2) is 11.7 Å². The average Bonchev–Trinajstić information content (AvgIpc) is 2.89. The summed E-state index contributed by atoms with van der Waals surface area (Å²) in [5.41, 5.74) is 6.88. The molecule has 1 fully saturated rings. The summed E-state index contributed by atoms with van der Waals surface area (Å²) in [6.07, 6.45) is 9.25. The smallest absolute Gasteiger partial charge is 0.138 e. The Hall–Kier alpha value is -1.20. The van der Waals surface area contributed by atoms with Gasteiger partial charge < -0.3 is 11.1 Å². The first-order valence-corrected chi connectivity index (χ1v) is 8.81. The second-order valence-corrected chi connectivity index (χ2v) is 6.97. The summed E-state index contributed by atoms with van der Waals surface area (Å²) < 4.78 is 0. The van der Waals surface area contributed by atoms with Crippen molar-refractivity contribution in [1.29, 1.82) is 0 Å². The van der Waals surface area contributed by atoms with Crippen molar-refractivity contribution in [2.75, 3.05) is 11.9 Å². The van der Waals surface area contributed by atoms with Gasteiger partial charge >= 0.3 is 0 Å². The highest BCUT2D eigenvalue weighted by Gasteiger charge is 2.22. The summed E-state index contributed by atoms with van der Waals surface area (Å²) >= 11 is 1.70. The molecule has 0 spiro atoms. The molecule has 2 aromatic heterocycles. The average molecular weight is 304 g/mol. The van der Waals surface area contributed by atoms with E-state index < -0.39 is 0 Å². The highest BCUT2D eigenvalue weighted by Crippen LogP contribution is 2.32. The summed E-state index contributed by atoms with van der Waals surface area (Å²) in [7, 11) is 0. The third kappa shape index (κ3) is 3.35. The quantitative estimate of drug-likeness (QED) is 0.884. The van der Waals surface area contributed by atoms with Gasteiger partial charge in [0.25, 0.3) is 0 Å². The molecule has 0 aliphatic heterocycles. The van der Waals surface area contributed by atoms with Crippen LogP contribution in [-0.2, 0) is 0 Å². The van der Waals surface area contributed by atoms with E-state index in [1.165, 1.54) is 49.5 Å². The molecule has 0 radical (unpaired) electrons. The normalized spacial score (nSPS) is 22.6. The van der Waals surface area contributed by atoms with Gasteiger partial charge in [-0.2, -0.15) is 0 Å². The number of anilines is 1. The van der Waals surface area contributed by atoms with Crippen molar-refractivity contribution in [2.24, 2.45) is 11.7 Å². The Labute approximate surface area is 130 Å². The maximum Gasteiger partial charge on any atom is 0.138 e. The number of hydrogen-bond donors (Lipinski definition) is 2. The maximum absolute atomic E-state index is 5.61. The molecule has 21 heavy (non-hydrogen) atoms. The van der Waals surface area contributed by atoms with Crippen molar-refractivity contribution in [3.05, 3.63) is 17.3 Å². The van der Waals surface area contributed by atoms with Gasteiger partial charge in [0.05, 0.1) is 5.39 Å². The molecule has 3 N–H and O–H groups in total. The third-order valence-electron chi connectivity index (χ3n) is 4.56. The lowest BCUT2D eigenvalue weighted by Gasteiger charge is -2.29. The van der Waals surface area contributed by atoms with E-state index in [1.54, 1.807) is 17.7 Å². The number of aryl methyl sites for hydroxylation is 1. The molecule has 0 bridgehead atoms. The van der Waals surface area contributed by atoms with Crippen molar-refractivity contribution >= 4 is 27.4 Å². The Morgan fingerprint density at radius 2 is 2.10 bits per heavy atom. The van der Waals surface area contributed by atoms with Crippen molar-refractivity contribution in [1.82, 2.24) is 9.97 Å². The number of nitrogens with one attached hydrogen (secondary N) is 1. The van der Waals surface area contributed by atoms with E-state index in [0.717, 1.165) is 23.1 Å². The van der Waals surface area contributed by atoms with E-state index in [9.17, 15) is 0 Å². The molecule has 2 heterocycles. The lowest BCUT2D eigenvalue weighted by Crippen LogP contribution is -2.26. The number of aromatic nitrogens is 2. The van der Waals surface area contributed by atoms with Crippen molar-refractivity contribution in [2.45, 2.75) is 51.5 Å². The fourth-order valence-electron chi connectivity index (χ4n) is 3.32. The lowest BCUT2D eigenvalue weighted by molar-refractivity contribution is 0.316. The van der Waals surface area contributed by atoms with Gasteiger partial charge in [-0.1, -0.05) is 0 Å². The van der Waals surface area contributed by atoms with E-state index in [0.29, 0.717) is 6.04 Å². The van der Waals surface area contributed by atoms with Crippen LogP contribution in [0.4, 0.5) is 5.82 Å². The van der Waals surface area contributed by atoms with Gasteiger partial charge in [-0.25, -0.2) is 9.97 Å². The van der Waals surface area contributed by atoms with E-state index in [1.807, 2.05) is 0 Å². The first kappa shape index (κ1) is 14.7. The van der Waals surface area contributed by atoms with Crippen LogP contribution >= 0.6 is 11.3 Å². The van der Waals surface area contributed by atoms with Crippen LogP contribution in [0.3, 0.4) is 0 Å². The summed E-state index contributed by atoms with van der Waals surface area (Å²) in [5.74, 6) is 1.89. The largest absolute Gasteiger partial charge is 0.367 e. The van der Waals surface area contributed by atoms with E-state index in [2.05, 4.69) is 27.6 Å². The zero-order valence-electron chi connectivity index (χ0n) is 12.6. The molecule has 4 nitrogen and oxygen atoms in total. The molecule has 1 saturated carbocycles. The van der Waals surface area contributed by atoms with Gasteiger partial charge in [-0.15, -0.1) is 11.3 Å². The van der Waals surface area contributed by atoms with E-state index in [4.69, 9.17) is 5.73 Å². The topological polar surface area (TPSA) is 63.8 Å². The summed E-state index contributed by atoms with van der Waals surface area (Å²) in [6, 6.07) is 0.552. The predicted octanol–water partition coefficient (Wildman–Crippen LogP) is 3.71. The molecular formula is C16H24N4S. The Bertz CT molecular complexity index is 587. The number of nitrogens with two attached hydrogens (primary N) is 1. The van der Waals surface area contributed by atoms with Crippen LogP contribution in [0.2, 0.25) is 0 Å². The van der Waals surface area contributed by atoms with E-state index >= 15 is 0 Å². The molecule has 1 aliphatic carbocycles. The fourth-order valence-corrected chi connectivity index (χ4v) is 4.21. The lowest BCUT2D eigenvalue weighted by atomic mass is 9.83.